The Bertz CT molecular complexity index is 902. The van der Waals surface area contributed by atoms with Crippen molar-refractivity contribution in [3.8, 4) is 5.75 Å². The number of nitrogens with one attached hydrogen (secondary N) is 2. The van der Waals surface area contributed by atoms with Gasteiger partial charge in [0.05, 0.1) is 21.3 Å². The number of rotatable bonds is 3. The third-order valence-electron chi connectivity index (χ3n) is 3.07. The van der Waals surface area contributed by atoms with Gasteiger partial charge in [0.15, 0.2) is 6.61 Å². The van der Waals surface area contributed by atoms with Gasteiger partial charge in [-0.3, -0.25) is 9.52 Å². The molecule has 0 saturated carbocycles. The molecule has 2 aromatic rings. The first-order valence-electron chi connectivity index (χ1n) is 6.40. The van der Waals surface area contributed by atoms with Crippen molar-refractivity contribution in [1.82, 2.24) is 0 Å². The van der Waals surface area contributed by atoms with Crippen molar-refractivity contribution >= 4 is 38.9 Å². The fourth-order valence-corrected chi connectivity index (χ4v) is 3.26. The molecule has 0 aromatic heterocycles. The highest BCUT2D eigenvalue weighted by Gasteiger charge is 2.21. The first-order valence-corrected chi connectivity index (χ1v) is 8.26. The second-order valence-corrected chi connectivity index (χ2v) is 6.82. The number of anilines is 2. The third kappa shape index (κ3) is 3.22. The zero-order valence-corrected chi connectivity index (χ0v) is 13.0. The van der Waals surface area contributed by atoms with Gasteiger partial charge in [-0.15, -0.1) is 0 Å². The van der Waals surface area contributed by atoms with E-state index in [0.29, 0.717) is 5.75 Å². The minimum atomic E-state index is -3.93. The minimum absolute atomic E-state index is 0.0810. The number of ether oxygens (including phenoxy) is 1. The summed E-state index contributed by atoms with van der Waals surface area (Å²) in [4.78, 5) is 11.2. The Balaban J connectivity index is 1.92. The maximum Gasteiger partial charge on any atom is 0.262 e. The van der Waals surface area contributed by atoms with Crippen molar-refractivity contribution in [2.75, 3.05) is 16.6 Å². The summed E-state index contributed by atoms with van der Waals surface area (Å²) in [5, 5.41) is 2.33. The highest BCUT2D eigenvalue weighted by Crippen LogP contribution is 2.31. The summed E-state index contributed by atoms with van der Waals surface area (Å²) in [5.74, 6) is -0.637. The summed E-state index contributed by atoms with van der Waals surface area (Å²) in [5.41, 5.74) is 0.385. The molecule has 1 heterocycles. The summed E-state index contributed by atoms with van der Waals surface area (Å²) in [6, 6.07) is 7.53. The van der Waals surface area contributed by atoms with E-state index in [0.717, 1.165) is 12.1 Å². The molecule has 0 fully saturated rings. The average molecular weight is 357 g/mol. The van der Waals surface area contributed by atoms with Crippen LogP contribution in [-0.4, -0.2) is 20.9 Å². The van der Waals surface area contributed by atoms with E-state index in [1.165, 1.54) is 24.3 Å². The Labute approximate surface area is 136 Å². The van der Waals surface area contributed by atoms with Gasteiger partial charge in [-0.25, -0.2) is 12.8 Å². The van der Waals surface area contributed by atoms with Gasteiger partial charge in [-0.1, -0.05) is 11.6 Å². The smallest absolute Gasteiger partial charge is 0.262 e. The van der Waals surface area contributed by atoms with Gasteiger partial charge in [-0.05, 0) is 36.4 Å². The summed E-state index contributed by atoms with van der Waals surface area (Å²) in [6.07, 6.45) is 0. The van der Waals surface area contributed by atoms with Crippen molar-refractivity contribution in [2.24, 2.45) is 0 Å². The van der Waals surface area contributed by atoms with Crippen LogP contribution in [0.4, 0.5) is 15.8 Å². The molecule has 9 heteroatoms. The number of hydrogen-bond acceptors (Lipinski definition) is 4. The average Bonchev–Trinajstić information content (AvgIpc) is 2.50. The van der Waals surface area contributed by atoms with Gasteiger partial charge in [0, 0.05) is 0 Å². The molecule has 2 aromatic carbocycles. The summed E-state index contributed by atoms with van der Waals surface area (Å²) < 4.78 is 45.3. The lowest BCUT2D eigenvalue weighted by Gasteiger charge is -2.18. The van der Waals surface area contributed by atoms with E-state index in [4.69, 9.17) is 16.3 Å². The maximum atomic E-state index is 13.1. The van der Waals surface area contributed by atoms with Gasteiger partial charge in [-0.2, -0.15) is 0 Å². The normalized spacial score (nSPS) is 13.7. The Morgan fingerprint density at radius 2 is 2.00 bits per heavy atom. The van der Waals surface area contributed by atoms with E-state index in [1.54, 1.807) is 0 Å². The van der Waals surface area contributed by atoms with Crippen LogP contribution in [-0.2, 0) is 14.8 Å². The van der Waals surface area contributed by atoms with Crippen molar-refractivity contribution in [2.45, 2.75) is 4.90 Å². The second kappa shape index (κ2) is 5.71. The molecule has 1 aliphatic rings. The number of amides is 1. The molecule has 1 amide bonds. The van der Waals surface area contributed by atoms with Gasteiger partial charge in [0.25, 0.3) is 15.9 Å². The molecule has 120 valence electrons. The lowest BCUT2D eigenvalue weighted by Crippen LogP contribution is -2.25. The van der Waals surface area contributed by atoms with Crippen LogP contribution in [0.2, 0.25) is 5.02 Å². The van der Waals surface area contributed by atoms with Gasteiger partial charge in [0.1, 0.15) is 11.6 Å². The predicted molar refractivity (Wildman–Crippen MR) is 82.8 cm³/mol. The van der Waals surface area contributed by atoms with E-state index in [2.05, 4.69) is 10.0 Å². The van der Waals surface area contributed by atoms with Crippen molar-refractivity contribution in [3.05, 3.63) is 47.2 Å². The number of halogens is 2. The van der Waals surface area contributed by atoms with Crippen LogP contribution in [0.15, 0.2) is 41.3 Å². The Hall–Kier alpha value is -2.32. The fourth-order valence-electron chi connectivity index (χ4n) is 2.00. The molecule has 0 bridgehead atoms. The molecule has 6 nitrogen and oxygen atoms in total. The molecule has 0 saturated heterocycles. The monoisotopic (exact) mass is 356 g/mol. The summed E-state index contributed by atoms with van der Waals surface area (Å²) in [6.45, 7) is -0.120. The Morgan fingerprint density at radius 3 is 2.74 bits per heavy atom. The molecule has 0 radical (unpaired) electrons. The van der Waals surface area contributed by atoms with Crippen molar-refractivity contribution in [3.63, 3.8) is 0 Å². The largest absolute Gasteiger partial charge is 0.482 e. The number of hydrogen-bond donors (Lipinski definition) is 2. The van der Waals surface area contributed by atoms with Crippen molar-refractivity contribution < 1.29 is 22.3 Å². The van der Waals surface area contributed by atoms with Crippen LogP contribution < -0.4 is 14.8 Å². The predicted octanol–water partition coefficient (Wildman–Crippen LogP) is 2.61. The van der Waals surface area contributed by atoms with Crippen LogP contribution in [0, 0.1) is 5.82 Å². The highest BCUT2D eigenvalue weighted by atomic mass is 35.5. The summed E-state index contributed by atoms with van der Waals surface area (Å²) >= 11 is 5.63. The minimum Gasteiger partial charge on any atom is -0.482 e. The number of sulfonamides is 1. The molecule has 0 spiro atoms. The van der Waals surface area contributed by atoms with E-state index in [-0.39, 0.29) is 33.8 Å². The molecule has 3 rings (SSSR count). The first kappa shape index (κ1) is 15.6. The highest BCUT2D eigenvalue weighted by molar-refractivity contribution is 7.92. The van der Waals surface area contributed by atoms with E-state index in [9.17, 15) is 17.6 Å². The molecular formula is C14H10ClFN2O4S. The zero-order chi connectivity index (χ0) is 16.6. The number of carbonyl (C=O) groups is 1. The zero-order valence-electron chi connectivity index (χ0n) is 11.5. The topological polar surface area (TPSA) is 84.5 Å². The first-order chi connectivity index (χ1) is 10.8. The number of fused-ring (bicyclic) bond motifs is 1. The van der Waals surface area contributed by atoms with Crippen LogP contribution in [0.25, 0.3) is 0 Å². The third-order valence-corrected chi connectivity index (χ3v) is 4.73. The van der Waals surface area contributed by atoms with Gasteiger partial charge in [0.2, 0.25) is 0 Å². The Kier molecular flexibility index (Phi) is 3.87. The molecule has 0 unspecified atom stereocenters. The van der Waals surface area contributed by atoms with Crippen molar-refractivity contribution in [1.29, 1.82) is 0 Å². The molecule has 0 atom stereocenters. The van der Waals surface area contributed by atoms with Gasteiger partial charge < -0.3 is 10.1 Å². The van der Waals surface area contributed by atoms with Crippen LogP contribution in [0.5, 0.6) is 5.75 Å². The SMILES string of the molecule is O=C1COc2ccc(S(=O)(=O)Nc3ccc(F)c(Cl)c3)cc2N1. The molecule has 1 aliphatic heterocycles. The van der Waals surface area contributed by atoms with E-state index < -0.39 is 15.8 Å². The van der Waals surface area contributed by atoms with Crippen LogP contribution in [0.3, 0.4) is 0 Å². The fraction of sp³-hybridized carbons (Fsp3) is 0.0714. The molecular weight excluding hydrogens is 347 g/mol. The Morgan fingerprint density at radius 1 is 1.22 bits per heavy atom. The molecule has 23 heavy (non-hydrogen) atoms. The number of carbonyl (C=O) groups excluding carboxylic acids is 1. The van der Waals surface area contributed by atoms with Gasteiger partial charge >= 0.3 is 0 Å². The van der Waals surface area contributed by atoms with Crippen LogP contribution in [0.1, 0.15) is 0 Å². The molecule has 0 aliphatic carbocycles. The van der Waals surface area contributed by atoms with Crippen LogP contribution >= 0.6 is 11.6 Å². The standard InChI is InChI=1S/C14H10ClFN2O4S/c15-10-5-8(1-3-11(10)16)18-23(20,21)9-2-4-13-12(6-9)17-14(19)7-22-13/h1-6,18H,7H2,(H,17,19). The lowest BCUT2D eigenvalue weighted by molar-refractivity contribution is -0.118. The number of benzene rings is 2. The lowest BCUT2D eigenvalue weighted by atomic mass is 10.2. The van der Waals surface area contributed by atoms with E-state index >= 15 is 0 Å². The molecule has 2 N–H and O–H groups in total. The quantitative estimate of drug-likeness (QED) is 0.885. The van der Waals surface area contributed by atoms with E-state index in [1.807, 2.05) is 0 Å². The summed E-state index contributed by atoms with van der Waals surface area (Å²) in [7, 11) is -3.93. The maximum absolute atomic E-state index is 13.1. The second-order valence-electron chi connectivity index (χ2n) is 4.73.